The van der Waals surface area contributed by atoms with Gasteiger partial charge < -0.3 is 9.53 Å². The SMILES string of the molecule is Cc1ccc(C(C)(C=O)N(C)C(=O)OC(C)(C)C)nc1. The van der Waals surface area contributed by atoms with Gasteiger partial charge in [0.15, 0.2) is 6.29 Å². The topological polar surface area (TPSA) is 59.5 Å². The fourth-order valence-corrected chi connectivity index (χ4v) is 1.60. The molecule has 1 aromatic rings. The zero-order chi connectivity index (χ0) is 15.6. The minimum atomic E-state index is -1.16. The van der Waals surface area contributed by atoms with Crippen molar-refractivity contribution in [1.29, 1.82) is 0 Å². The second-order valence-corrected chi connectivity index (χ2v) is 6.03. The van der Waals surface area contributed by atoms with Gasteiger partial charge in [-0.3, -0.25) is 9.88 Å². The van der Waals surface area contributed by atoms with Gasteiger partial charge in [-0.15, -0.1) is 0 Å². The van der Waals surface area contributed by atoms with Gasteiger partial charge in [0.05, 0.1) is 5.69 Å². The number of aldehydes is 1. The Bertz CT molecular complexity index is 491. The van der Waals surface area contributed by atoms with Gasteiger partial charge in [-0.2, -0.15) is 0 Å². The highest BCUT2D eigenvalue weighted by atomic mass is 16.6. The zero-order valence-corrected chi connectivity index (χ0v) is 12.9. The van der Waals surface area contributed by atoms with Gasteiger partial charge in [0.2, 0.25) is 0 Å². The Labute approximate surface area is 119 Å². The van der Waals surface area contributed by atoms with Crippen LogP contribution in [0.5, 0.6) is 0 Å². The molecule has 5 nitrogen and oxygen atoms in total. The summed E-state index contributed by atoms with van der Waals surface area (Å²) >= 11 is 0. The van der Waals surface area contributed by atoms with Crippen LogP contribution in [0.3, 0.4) is 0 Å². The minimum absolute atomic E-state index is 0.506. The average molecular weight is 278 g/mol. The van der Waals surface area contributed by atoms with Gasteiger partial charge >= 0.3 is 6.09 Å². The quantitative estimate of drug-likeness (QED) is 0.798. The van der Waals surface area contributed by atoms with Crippen LogP contribution >= 0.6 is 0 Å². The molecule has 0 aromatic carbocycles. The van der Waals surface area contributed by atoms with Crippen LogP contribution in [0.15, 0.2) is 18.3 Å². The zero-order valence-electron chi connectivity index (χ0n) is 12.9. The van der Waals surface area contributed by atoms with Gasteiger partial charge in [-0.1, -0.05) is 6.07 Å². The fraction of sp³-hybridized carbons (Fsp3) is 0.533. The van der Waals surface area contributed by atoms with E-state index < -0.39 is 17.2 Å². The third-order valence-corrected chi connectivity index (χ3v) is 3.02. The monoisotopic (exact) mass is 278 g/mol. The Kier molecular flexibility index (Phi) is 4.53. The number of amides is 1. The Hall–Kier alpha value is -1.91. The van der Waals surface area contributed by atoms with Crippen LogP contribution < -0.4 is 0 Å². The first-order valence-corrected chi connectivity index (χ1v) is 6.46. The Morgan fingerprint density at radius 3 is 2.30 bits per heavy atom. The van der Waals surface area contributed by atoms with Crippen molar-refractivity contribution >= 4 is 12.4 Å². The third kappa shape index (κ3) is 3.56. The summed E-state index contributed by atoms with van der Waals surface area (Å²) < 4.78 is 5.29. The number of pyridine rings is 1. The second kappa shape index (κ2) is 5.61. The molecule has 1 amide bonds. The van der Waals surface area contributed by atoms with E-state index in [4.69, 9.17) is 4.74 Å². The Morgan fingerprint density at radius 1 is 1.30 bits per heavy atom. The molecule has 0 saturated carbocycles. The molecular weight excluding hydrogens is 256 g/mol. The molecule has 0 aliphatic carbocycles. The lowest BCUT2D eigenvalue weighted by atomic mass is 9.97. The van der Waals surface area contributed by atoms with Crippen molar-refractivity contribution in [2.75, 3.05) is 7.05 Å². The average Bonchev–Trinajstić information content (AvgIpc) is 2.35. The van der Waals surface area contributed by atoms with E-state index in [-0.39, 0.29) is 0 Å². The molecular formula is C15H22N2O3. The highest BCUT2D eigenvalue weighted by Gasteiger charge is 2.37. The molecule has 0 bridgehead atoms. The predicted molar refractivity (Wildman–Crippen MR) is 76.4 cm³/mol. The van der Waals surface area contributed by atoms with Crippen molar-refractivity contribution in [3.05, 3.63) is 29.6 Å². The van der Waals surface area contributed by atoms with E-state index in [0.717, 1.165) is 5.56 Å². The van der Waals surface area contributed by atoms with E-state index in [2.05, 4.69) is 4.98 Å². The van der Waals surface area contributed by atoms with Crippen LogP contribution in [0.1, 0.15) is 39.0 Å². The van der Waals surface area contributed by atoms with E-state index in [1.165, 1.54) is 11.9 Å². The molecule has 0 spiro atoms. The molecule has 1 unspecified atom stereocenters. The van der Waals surface area contributed by atoms with Crippen molar-refractivity contribution in [3.8, 4) is 0 Å². The highest BCUT2D eigenvalue weighted by molar-refractivity contribution is 5.77. The molecule has 1 heterocycles. The van der Waals surface area contributed by atoms with Crippen molar-refractivity contribution in [1.82, 2.24) is 9.88 Å². The molecule has 110 valence electrons. The van der Waals surface area contributed by atoms with Gasteiger partial charge in [-0.05, 0) is 46.2 Å². The minimum Gasteiger partial charge on any atom is -0.444 e. The number of carbonyl (C=O) groups is 2. The Morgan fingerprint density at radius 2 is 1.90 bits per heavy atom. The van der Waals surface area contributed by atoms with E-state index in [1.54, 1.807) is 40.0 Å². The summed E-state index contributed by atoms with van der Waals surface area (Å²) in [7, 11) is 1.53. The summed E-state index contributed by atoms with van der Waals surface area (Å²) in [5.41, 5.74) is -0.278. The van der Waals surface area contributed by atoms with E-state index in [9.17, 15) is 9.59 Å². The summed E-state index contributed by atoms with van der Waals surface area (Å²) in [5, 5.41) is 0. The molecule has 0 radical (unpaired) electrons. The first kappa shape index (κ1) is 16.1. The van der Waals surface area contributed by atoms with Gasteiger partial charge in [0, 0.05) is 13.2 Å². The standard InChI is InChI=1S/C15H22N2O3/c1-11-7-8-12(16-9-11)15(5,10-18)17(6)13(19)20-14(2,3)4/h7-10H,1-6H3. The summed E-state index contributed by atoms with van der Waals surface area (Å²) in [6.45, 7) is 8.89. The van der Waals surface area contributed by atoms with Crippen molar-refractivity contribution in [2.45, 2.75) is 45.8 Å². The largest absolute Gasteiger partial charge is 0.444 e. The number of hydrogen-bond acceptors (Lipinski definition) is 4. The molecule has 0 N–H and O–H groups in total. The van der Waals surface area contributed by atoms with Crippen LogP contribution in [0.25, 0.3) is 0 Å². The normalized spacial score (nSPS) is 14.3. The molecule has 1 aromatic heterocycles. The third-order valence-electron chi connectivity index (χ3n) is 3.02. The first-order chi connectivity index (χ1) is 9.10. The lowest BCUT2D eigenvalue weighted by molar-refractivity contribution is -0.117. The molecule has 5 heteroatoms. The Balaban J connectivity index is 3.07. The maximum atomic E-state index is 12.1. The molecule has 1 atom stereocenters. The van der Waals surface area contributed by atoms with E-state index in [1.807, 2.05) is 13.0 Å². The number of hydrogen-bond donors (Lipinski definition) is 0. The van der Waals surface area contributed by atoms with E-state index >= 15 is 0 Å². The van der Waals surface area contributed by atoms with E-state index in [0.29, 0.717) is 12.0 Å². The van der Waals surface area contributed by atoms with Crippen LogP contribution in [0.2, 0.25) is 0 Å². The number of rotatable bonds is 3. The lowest BCUT2D eigenvalue weighted by Crippen LogP contribution is -2.48. The molecule has 0 saturated heterocycles. The maximum absolute atomic E-state index is 12.1. The molecule has 0 aliphatic heterocycles. The summed E-state index contributed by atoms with van der Waals surface area (Å²) in [4.78, 5) is 29.2. The summed E-state index contributed by atoms with van der Waals surface area (Å²) in [5.74, 6) is 0. The number of carbonyl (C=O) groups excluding carboxylic acids is 2. The number of aryl methyl sites for hydroxylation is 1. The fourth-order valence-electron chi connectivity index (χ4n) is 1.60. The van der Waals surface area contributed by atoms with Crippen molar-refractivity contribution in [3.63, 3.8) is 0 Å². The second-order valence-electron chi connectivity index (χ2n) is 6.03. The van der Waals surface area contributed by atoms with Crippen LogP contribution in [0.4, 0.5) is 4.79 Å². The maximum Gasteiger partial charge on any atom is 0.411 e. The predicted octanol–water partition coefficient (Wildman–Crippen LogP) is 2.67. The van der Waals surface area contributed by atoms with Crippen LogP contribution in [-0.4, -0.2) is 34.9 Å². The molecule has 0 fully saturated rings. The van der Waals surface area contributed by atoms with Gasteiger partial charge in [0.25, 0.3) is 0 Å². The van der Waals surface area contributed by atoms with Crippen LogP contribution in [0, 0.1) is 6.92 Å². The number of aromatic nitrogens is 1. The van der Waals surface area contributed by atoms with Crippen LogP contribution in [-0.2, 0) is 15.1 Å². The number of likely N-dealkylation sites (N-methyl/N-ethyl adjacent to an activating group) is 1. The van der Waals surface area contributed by atoms with Gasteiger partial charge in [0.1, 0.15) is 11.1 Å². The summed E-state index contributed by atoms with van der Waals surface area (Å²) in [6, 6.07) is 3.59. The van der Waals surface area contributed by atoms with Crippen molar-refractivity contribution in [2.24, 2.45) is 0 Å². The molecule has 1 rings (SSSR count). The summed E-state index contributed by atoms with van der Waals surface area (Å²) in [6.07, 6.45) is 1.81. The first-order valence-electron chi connectivity index (χ1n) is 6.46. The smallest absolute Gasteiger partial charge is 0.411 e. The molecule has 20 heavy (non-hydrogen) atoms. The highest BCUT2D eigenvalue weighted by Crippen LogP contribution is 2.25. The van der Waals surface area contributed by atoms with Crippen molar-refractivity contribution < 1.29 is 14.3 Å². The number of ether oxygens (including phenoxy) is 1. The lowest BCUT2D eigenvalue weighted by Gasteiger charge is -2.34. The number of nitrogens with zero attached hydrogens (tertiary/aromatic N) is 2. The van der Waals surface area contributed by atoms with Gasteiger partial charge in [-0.25, -0.2) is 4.79 Å². The molecule has 0 aliphatic rings.